The number of carbonyl (C=O) groups excluding carboxylic acids is 3. The van der Waals surface area contributed by atoms with Gasteiger partial charge in [0.05, 0.1) is 12.1 Å². The van der Waals surface area contributed by atoms with Gasteiger partial charge in [0, 0.05) is 6.07 Å². The molecule has 4 N–H and O–H groups in total. The molecule has 130 valence electrons. The number of hydrogen-bond acceptors (Lipinski definition) is 3. The van der Waals surface area contributed by atoms with E-state index in [4.69, 9.17) is 5.73 Å². The van der Waals surface area contributed by atoms with E-state index in [1.165, 1.54) is 0 Å². The van der Waals surface area contributed by atoms with E-state index < -0.39 is 47.5 Å². The lowest BCUT2D eigenvalue weighted by Crippen LogP contribution is -2.42. The summed E-state index contributed by atoms with van der Waals surface area (Å²) in [5.41, 5.74) is 5.36. The van der Waals surface area contributed by atoms with Gasteiger partial charge >= 0.3 is 0 Å². The van der Waals surface area contributed by atoms with Crippen molar-refractivity contribution in [1.82, 2.24) is 10.6 Å². The Morgan fingerprint density at radius 2 is 1.72 bits per heavy atom. The minimum absolute atomic E-state index is 0.399. The fraction of sp³-hybridized carbons (Fsp3) is 0.118. The Labute approximate surface area is 142 Å². The highest BCUT2D eigenvalue weighted by Crippen LogP contribution is 2.12. The molecular weight excluding hydrogens is 332 g/mol. The maximum absolute atomic E-state index is 13.5. The highest BCUT2D eigenvalue weighted by Gasteiger charge is 2.20. The van der Waals surface area contributed by atoms with Crippen molar-refractivity contribution in [3.05, 3.63) is 71.3 Å². The smallest absolute Gasteiger partial charge is 0.254 e. The maximum atomic E-state index is 13.5. The van der Waals surface area contributed by atoms with Gasteiger partial charge in [-0.15, -0.1) is 0 Å². The van der Waals surface area contributed by atoms with E-state index in [0.29, 0.717) is 11.6 Å². The molecule has 0 heterocycles. The molecule has 0 fully saturated rings. The third kappa shape index (κ3) is 4.84. The number of carbonyl (C=O) groups is 3. The highest BCUT2D eigenvalue weighted by atomic mass is 19.1. The molecule has 0 aliphatic carbocycles. The van der Waals surface area contributed by atoms with E-state index in [0.717, 1.165) is 12.1 Å². The Bertz CT molecular complexity index is 797. The number of nitrogens with one attached hydrogen (secondary N) is 2. The minimum atomic E-state index is -1.06. The molecule has 1 unspecified atom stereocenters. The van der Waals surface area contributed by atoms with E-state index in [9.17, 15) is 23.2 Å². The summed E-state index contributed by atoms with van der Waals surface area (Å²) in [5.74, 6) is -4.21. The fourth-order valence-corrected chi connectivity index (χ4v) is 2.11. The zero-order valence-electron chi connectivity index (χ0n) is 13.0. The second-order valence-electron chi connectivity index (χ2n) is 5.12. The lowest BCUT2D eigenvalue weighted by molar-refractivity contribution is -0.126. The summed E-state index contributed by atoms with van der Waals surface area (Å²) in [6.45, 7) is -0.508. The number of primary amides is 1. The van der Waals surface area contributed by atoms with Gasteiger partial charge in [0.2, 0.25) is 11.8 Å². The number of hydrogen-bond donors (Lipinski definition) is 3. The molecule has 0 aliphatic rings. The molecule has 2 aromatic rings. The van der Waals surface area contributed by atoms with Gasteiger partial charge in [-0.05, 0) is 17.7 Å². The van der Waals surface area contributed by atoms with Crippen molar-refractivity contribution in [3.8, 4) is 0 Å². The Hall–Kier alpha value is -3.29. The molecule has 0 saturated heterocycles. The minimum Gasteiger partial charge on any atom is -0.368 e. The molecule has 2 rings (SSSR count). The summed E-state index contributed by atoms with van der Waals surface area (Å²) in [4.78, 5) is 35.3. The summed E-state index contributed by atoms with van der Waals surface area (Å²) >= 11 is 0. The molecule has 2 aromatic carbocycles. The molecule has 0 bridgehead atoms. The lowest BCUT2D eigenvalue weighted by Gasteiger charge is -2.16. The van der Waals surface area contributed by atoms with Gasteiger partial charge in [0.15, 0.2) is 0 Å². The van der Waals surface area contributed by atoms with Gasteiger partial charge in [-0.2, -0.15) is 0 Å². The van der Waals surface area contributed by atoms with Crippen LogP contribution in [0.2, 0.25) is 0 Å². The van der Waals surface area contributed by atoms with Crippen LogP contribution in [0.4, 0.5) is 8.78 Å². The van der Waals surface area contributed by atoms with Crippen molar-refractivity contribution >= 4 is 17.7 Å². The van der Waals surface area contributed by atoms with Crippen molar-refractivity contribution in [3.63, 3.8) is 0 Å². The normalized spacial score (nSPS) is 11.4. The third-order valence-electron chi connectivity index (χ3n) is 3.31. The van der Waals surface area contributed by atoms with Crippen molar-refractivity contribution in [1.29, 1.82) is 0 Å². The van der Waals surface area contributed by atoms with E-state index >= 15 is 0 Å². The van der Waals surface area contributed by atoms with Crippen LogP contribution in [0, 0.1) is 11.6 Å². The third-order valence-corrected chi connectivity index (χ3v) is 3.31. The van der Waals surface area contributed by atoms with Crippen molar-refractivity contribution in [2.45, 2.75) is 6.04 Å². The fourth-order valence-electron chi connectivity index (χ4n) is 2.11. The standard InChI is InChI=1S/C17H15F2N3O3/c18-11-6-7-12(13(19)8-11)17(25)21-9-14(23)22-15(16(20)24)10-4-2-1-3-5-10/h1-8,15H,9H2,(H2,20,24)(H,21,25)(H,22,23). The largest absolute Gasteiger partial charge is 0.368 e. The van der Waals surface area contributed by atoms with E-state index in [-0.39, 0.29) is 0 Å². The lowest BCUT2D eigenvalue weighted by atomic mass is 10.1. The first-order valence-corrected chi connectivity index (χ1v) is 7.25. The Balaban J connectivity index is 1.97. The second-order valence-corrected chi connectivity index (χ2v) is 5.12. The van der Waals surface area contributed by atoms with Gasteiger partial charge in [-0.3, -0.25) is 14.4 Å². The summed E-state index contributed by atoms with van der Waals surface area (Å²) in [6, 6.07) is 9.71. The number of amides is 3. The maximum Gasteiger partial charge on any atom is 0.254 e. The Morgan fingerprint density at radius 3 is 2.32 bits per heavy atom. The van der Waals surface area contributed by atoms with Crippen LogP contribution in [0.25, 0.3) is 0 Å². The molecule has 25 heavy (non-hydrogen) atoms. The number of benzene rings is 2. The Kier molecular flexibility index (Phi) is 5.78. The topological polar surface area (TPSA) is 101 Å². The average molecular weight is 347 g/mol. The molecule has 0 spiro atoms. The van der Waals surface area contributed by atoms with Gasteiger partial charge in [0.1, 0.15) is 17.7 Å². The van der Waals surface area contributed by atoms with Crippen molar-refractivity contribution < 1.29 is 23.2 Å². The first-order chi connectivity index (χ1) is 11.9. The SMILES string of the molecule is NC(=O)C(NC(=O)CNC(=O)c1ccc(F)cc1F)c1ccccc1. The van der Waals surface area contributed by atoms with Crippen LogP contribution >= 0.6 is 0 Å². The predicted molar refractivity (Wildman–Crippen MR) is 85.2 cm³/mol. The summed E-state index contributed by atoms with van der Waals surface area (Å²) in [6.07, 6.45) is 0. The van der Waals surface area contributed by atoms with Crippen LogP contribution in [0.5, 0.6) is 0 Å². The molecule has 3 amide bonds. The van der Waals surface area contributed by atoms with Crippen LogP contribution in [0.3, 0.4) is 0 Å². The molecule has 8 heteroatoms. The zero-order chi connectivity index (χ0) is 18.4. The molecule has 0 saturated carbocycles. The number of nitrogens with two attached hydrogens (primary N) is 1. The van der Waals surface area contributed by atoms with E-state index in [1.807, 2.05) is 0 Å². The molecule has 0 radical (unpaired) electrons. The van der Waals surface area contributed by atoms with Crippen LogP contribution in [0.1, 0.15) is 22.0 Å². The van der Waals surface area contributed by atoms with Gasteiger partial charge in [-0.25, -0.2) is 8.78 Å². The van der Waals surface area contributed by atoms with Crippen molar-refractivity contribution in [2.24, 2.45) is 5.73 Å². The molecule has 0 aromatic heterocycles. The summed E-state index contributed by atoms with van der Waals surface area (Å²) < 4.78 is 26.3. The quantitative estimate of drug-likeness (QED) is 0.728. The van der Waals surface area contributed by atoms with Crippen LogP contribution in [0.15, 0.2) is 48.5 Å². The first kappa shape index (κ1) is 18.1. The highest BCUT2D eigenvalue weighted by molar-refractivity contribution is 5.97. The monoisotopic (exact) mass is 347 g/mol. The zero-order valence-corrected chi connectivity index (χ0v) is 13.0. The predicted octanol–water partition coefficient (Wildman–Crippen LogP) is 1.04. The summed E-state index contributed by atoms with van der Waals surface area (Å²) in [5, 5.41) is 4.57. The van der Waals surface area contributed by atoms with Gasteiger partial charge in [0.25, 0.3) is 5.91 Å². The first-order valence-electron chi connectivity index (χ1n) is 7.25. The van der Waals surface area contributed by atoms with Crippen LogP contribution < -0.4 is 16.4 Å². The molecule has 1 atom stereocenters. The van der Waals surface area contributed by atoms with E-state index in [1.54, 1.807) is 30.3 Å². The average Bonchev–Trinajstić information content (AvgIpc) is 2.58. The second kappa shape index (κ2) is 8.00. The van der Waals surface area contributed by atoms with Gasteiger partial charge < -0.3 is 16.4 Å². The van der Waals surface area contributed by atoms with E-state index in [2.05, 4.69) is 10.6 Å². The number of halogens is 2. The van der Waals surface area contributed by atoms with Crippen LogP contribution in [-0.2, 0) is 9.59 Å². The number of rotatable bonds is 6. The van der Waals surface area contributed by atoms with Crippen LogP contribution in [-0.4, -0.2) is 24.3 Å². The Morgan fingerprint density at radius 1 is 1.04 bits per heavy atom. The summed E-state index contributed by atoms with van der Waals surface area (Å²) in [7, 11) is 0. The van der Waals surface area contributed by atoms with Crippen molar-refractivity contribution in [2.75, 3.05) is 6.54 Å². The molecule has 6 nitrogen and oxygen atoms in total. The molecular formula is C17H15F2N3O3. The molecule has 0 aliphatic heterocycles. The van der Waals surface area contributed by atoms with Gasteiger partial charge in [-0.1, -0.05) is 30.3 Å².